The molecule has 86 valence electrons. The highest BCUT2D eigenvalue weighted by molar-refractivity contribution is 5.78. The molecule has 15 heavy (non-hydrogen) atoms. The van der Waals surface area contributed by atoms with E-state index in [-0.39, 0.29) is 5.91 Å². The summed E-state index contributed by atoms with van der Waals surface area (Å²) in [5.41, 5.74) is 0.572. The SMILES string of the molecule is CC(C)C1(CNCC2CCC(=O)N2)CC1. The van der Waals surface area contributed by atoms with Crippen molar-refractivity contribution in [1.82, 2.24) is 10.6 Å². The van der Waals surface area contributed by atoms with E-state index in [4.69, 9.17) is 0 Å². The predicted molar refractivity (Wildman–Crippen MR) is 60.5 cm³/mol. The van der Waals surface area contributed by atoms with Crippen LogP contribution < -0.4 is 10.6 Å². The van der Waals surface area contributed by atoms with Crippen LogP contribution in [0.1, 0.15) is 39.5 Å². The number of hydrogen-bond donors (Lipinski definition) is 2. The molecule has 2 aliphatic rings. The normalized spacial score (nSPS) is 28.2. The van der Waals surface area contributed by atoms with Gasteiger partial charge in [-0.15, -0.1) is 0 Å². The van der Waals surface area contributed by atoms with Gasteiger partial charge in [-0.1, -0.05) is 13.8 Å². The minimum absolute atomic E-state index is 0.215. The Bertz CT molecular complexity index is 246. The van der Waals surface area contributed by atoms with Gasteiger partial charge in [0.25, 0.3) is 0 Å². The number of carbonyl (C=O) groups is 1. The second-order valence-electron chi connectivity index (χ2n) is 5.45. The molecule has 1 heterocycles. The maximum absolute atomic E-state index is 11.0. The lowest BCUT2D eigenvalue weighted by Crippen LogP contribution is -2.38. The summed E-state index contributed by atoms with van der Waals surface area (Å²) < 4.78 is 0. The van der Waals surface area contributed by atoms with Crippen molar-refractivity contribution in [3.05, 3.63) is 0 Å². The topological polar surface area (TPSA) is 41.1 Å². The van der Waals surface area contributed by atoms with Gasteiger partial charge in [-0.3, -0.25) is 4.79 Å². The zero-order valence-corrected chi connectivity index (χ0v) is 9.81. The zero-order valence-electron chi connectivity index (χ0n) is 9.81. The highest BCUT2D eigenvalue weighted by Gasteiger charge is 2.44. The van der Waals surface area contributed by atoms with Gasteiger partial charge >= 0.3 is 0 Å². The third kappa shape index (κ3) is 2.51. The monoisotopic (exact) mass is 210 g/mol. The van der Waals surface area contributed by atoms with Crippen molar-refractivity contribution >= 4 is 5.91 Å². The molecular formula is C12H22N2O. The molecule has 1 amide bonds. The Hall–Kier alpha value is -0.570. The number of carbonyl (C=O) groups excluding carboxylic acids is 1. The van der Waals surface area contributed by atoms with Crippen LogP contribution in [0.3, 0.4) is 0 Å². The predicted octanol–water partition coefficient (Wildman–Crippen LogP) is 1.29. The molecule has 0 bridgehead atoms. The minimum atomic E-state index is 0.215. The van der Waals surface area contributed by atoms with E-state index in [1.54, 1.807) is 0 Å². The number of hydrogen-bond acceptors (Lipinski definition) is 2. The van der Waals surface area contributed by atoms with Crippen LogP contribution >= 0.6 is 0 Å². The van der Waals surface area contributed by atoms with Gasteiger partial charge in [0.05, 0.1) is 0 Å². The summed E-state index contributed by atoms with van der Waals surface area (Å²) in [6.45, 7) is 6.69. The number of amides is 1. The molecule has 2 N–H and O–H groups in total. The molecule has 1 aliphatic heterocycles. The molecule has 0 aromatic rings. The van der Waals surface area contributed by atoms with Crippen molar-refractivity contribution in [3.63, 3.8) is 0 Å². The van der Waals surface area contributed by atoms with E-state index in [2.05, 4.69) is 24.5 Å². The maximum Gasteiger partial charge on any atom is 0.220 e. The minimum Gasteiger partial charge on any atom is -0.352 e. The van der Waals surface area contributed by atoms with E-state index >= 15 is 0 Å². The van der Waals surface area contributed by atoms with Gasteiger partial charge in [0.15, 0.2) is 0 Å². The molecule has 2 rings (SSSR count). The highest BCUT2D eigenvalue weighted by Crippen LogP contribution is 2.51. The average Bonchev–Trinajstić information content (AvgIpc) is 2.86. The van der Waals surface area contributed by atoms with E-state index in [1.807, 2.05) is 0 Å². The van der Waals surface area contributed by atoms with Crippen LogP contribution in [0.5, 0.6) is 0 Å². The molecule has 1 aliphatic carbocycles. The van der Waals surface area contributed by atoms with Crippen molar-refractivity contribution in [2.45, 2.75) is 45.6 Å². The lowest BCUT2D eigenvalue weighted by atomic mass is 9.92. The Balaban J connectivity index is 1.65. The maximum atomic E-state index is 11.0. The third-order valence-electron chi connectivity index (χ3n) is 4.07. The first-order chi connectivity index (χ1) is 7.12. The van der Waals surface area contributed by atoms with Crippen molar-refractivity contribution in [2.75, 3.05) is 13.1 Å². The van der Waals surface area contributed by atoms with E-state index in [0.717, 1.165) is 25.4 Å². The Morgan fingerprint density at radius 3 is 2.73 bits per heavy atom. The Morgan fingerprint density at radius 2 is 2.27 bits per heavy atom. The van der Waals surface area contributed by atoms with Crippen molar-refractivity contribution in [1.29, 1.82) is 0 Å². The molecule has 1 atom stereocenters. The van der Waals surface area contributed by atoms with E-state index in [9.17, 15) is 4.79 Å². The molecular weight excluding hydrogens is 188 g/mol. The van der Waals surface area contributed by atoms with Crippen LogP contribution in [-0.4, -0.2) is 25.0 Å². The van der Waals surface area contributed by atoms with Crippen LogP contribution in [0.15, 0.2) is 0 Å². The first-order valence-corrected chi connectivity index (χ1v) is 6.12. The molecule has 0 radical (unpaired) electrons. The van der Waals surface area contributed by atoms with Gasteiger partial charge in [0.1, 0.15) is 0 Å². The molecule has 1 unspecified atom stereocenters. The van der Waals surface area contributed by atoms with Crippen LogP contribution in [0, 0.1) is 11.3 Å². The molecule has 2 fully saturated rings. The fraction of sp³-hybridized carbons (Fsp3) is 0.917. The molecule has 1 saturated carbocycles. The summed E-state index contributed by atoms with van der Waals surface area (Å²) in [6, 6.07) is 0.375. The Labute approximate surface area is 92.0 Å². The summed E-state index contributed by atoms with van der Waals surface area (Å²) in [4.78, 5) is 11.0. The second-order valence-corrected chi connectivity index (χ2v) is 5.45. The van der Waals surface area contributed by atoms with Gasteiger partial charge < -0.3 is 10.6 Å². The number of nitrogens with one attached hydrogen (secondary N) is 2. The summed E-state index contributed by atoms with van der Waals surface area (Å²) in [6.07, 6.45) is 4.45. The first kappa shape index (κ1) is 10.9. The van der Waals surface area contributed by atoms with Crippen LogP contribution in [0.2, 0.25) is 0 Å². The van der Waals surface area contributed by atoms with Gasteiger partial charge in [-0.25, -0.2) is 0 Å². The highest BCUT2D eigenvalue weighted by atomic mass is 16.1. The molecule has 0 aromatic carbocycles. The lowest BCUT2D eigenvalue weighted by Gasteiger charge is -2.21. The summed E-state index contributed by atoms with van der Waals surface area (Å²) in [5.74, 6) is 0.995. The van der Waals surface area contributed by atoms with Gasteiger partial charge in [-0.2, -0.15) is 0 Å². The van der Waals surface area contributed by atoms with E-state index in [1.165, 1.54) is 12.8 Å². The van der Waals surface area contributed by atoms with Gasteiger partial charge in [0, 0.05) is 25.6 Å². The fourth-order valence-electron chi connectivity index (χ4n) is 2.44. The van der Waals surface area contributed by atoms with Crippen molar-refractivity contribution in [3.8, 4) is 0 Å². The number of rotatable bonds is 5. The summed E-state index contributed by atoms with van der Waals surface area (Å²) in [5, 5.41) is 6.51. The summed E-state index contributed by atoms with van der Waals surface area (Å²) >= 11 is 0. The molecule has 3 nitrogen and oxygen atoms in total. The lowest BCUT2D eigenvalue weighted by molar-refractivity contribution is -0.119. The van der Waals surface area contributed by atoms with Gasteiger partial charge in [0.2, 0.25) is 5.91 Å². The quantitative estimate of drug-likeness (QED) is 0.718. The largest absolute Gasteiger partial charge is 0.352 e. The van der Waals surface area contributed by atoms with Crippen molar-refractivity contribution in [2.24, 2.45) is 11.3 Å². The summed E-state index contributed by atoms with van der Waals surface area (Å²) in [7, 11) is 0. The van der Waals surface area contributed by atoms with Crippen LogP contribution in [0.25, 0.3) is 0 Å². The standard InChI is InChI=1S/C12H22N2O/c1-9(2)12(5-6-12)8-13-7-10-3-4-11(15)14-10/h9-10,13H,3-8H2,1-2H3,(H,14,15). The van der Waals surface area contributed by atoms with Crippen LogP contribution in [0.4, 0.5) is 0 Å². The third-order valence-corrected chi connectivity index (χ3v) is 4.07. The zero-order chi connectivity index (χ0) is 10.9. The first-order valence-electron chi connectivity index (χ1n) is 6.12. The van der Waals surface area contributed by atoms with Crippen molar-refractivity contribution < 1.29 is 4.79 Å². The van der Waals surface area contributed by atoms with E-state index in [0.29, 0.717) is 17.9 Å². The molecule has 1 saturated heterocycles. The molecule has 0 aromatic heterocycles. The fourth-order valence-corrected chi connectivity index (χ4v) is 2.44. The van der Waals surface area contributed by atoms with E-state index < -0.39 is 0 Å². The average molecular weight is 210 g/mol. The Morgan fingerprint density at radius 1 is 1.53 bits per heavy atom. The smallest absolute Gasteiger partial charge is 0.220 e. The molecule has 0 spiro atoms. The van der Waals surface area contributed by atoms with Gasteiger partial charge in [-0.05, 0) is 30.6 Å². The van der Waals surface area contributed by atoms with Crippen LogP contribution in [-0.2, 0) is 4.79 Å². The molecule has 3 heteroatoms. The Kier molecular flexibility index (Phi) is 3.01. The second kappa shape index (κ2) is 4.12.